The smallest absolute Gasteiger partial charge is 0.310 e. The Bertz CT molecular complexity index is 800. The van der Waals surface area contributed by atoms with Crippen LogP contribution >= 0.6 is 11.8 Å². The number of hydrogen-bond acceptors (Lipinski definition) is 4. The first-order valence-corrected chi connectivity index (χ1v) is 10.5. The molecule has 1 saturated carbocycles. The zero-order valence-corrected chi connectivity index (χ0v) is 17.4. The lowest BCUT2D eigenvalue weighted by Crippen LogP contribution is -2.10. The van der Waals surface area contributed by atoms with Crippen molar-refractivity contribution in [1.29, 1.82) is 0 Å². The highest BCUT2D eigenvalue weighted by molar-refractivity contribution is 8.14. The summed E-state index contributed by atoms with van der Waals surface area (Å²) in [5, 5.41) is 0.165. The molecule has 0 spiro atoms. The molecule has 0 aromatic heterocycles. The summed E-state index contributed by atoms with van der Waals surface area (Å²) in [6.45, 7) is 8.63. The molecule has 1 aromatic rings. The van der Waals surface area contributed by atoms with Gasteiger partial charge in [-0.2, -0.15) is 0 Å². The van der Waals surface area contributed by atoms with Crippen molar-refractivity contribution in [1.82, 2.24) is 0 Å². The van der Waals surface area contributed by atoms with Gasteiger partial charge in [0.1, 0.15) is 6.61 Å². The summed E-state index contributed by atoms with van der Waals surface area (Å²) >= 11 is 1.37. The Morgan fingerprint density at radius 1 is 1.30 bits per heavy atom. The van der Waals surface area contributed by atoms with Gasteiger partial charge in [0.15, 0.2) is 0 Å². The van der Waals surface area contributed by atoms with Gasteiger partial charge in [-0.25, -0.2) is 0 Å². The number of ether oxygens (including phenoxy) is 1. The van der Waals surface area contributed by atoms with Crippen molar-refractivity contribution in [3.8, 4) is 0 Å². The number of benzene rings is 1. The Labute approximate surface area is 166 Å². The van der Waals surface area contributed by atoms with Gasteiger partial charge in [0.2, 0.25) is 5.12 Å². The van der Waals surface area contributed by atoms with Gasteiger partial charge >= 0.3 is 5.97 Å². The largest absolute Gasteiger partial charge is 0.461 e. The molecular formula is C23H28O3S. The fourth-order valence-electron chi connectivity index (χ4n) is 3.67. The molecule has 2 fully saturated rings. The third-order valence-corrected chi connectivity index (χ3v) is 6.46. The molecule has 1 saturated heterocycles. The molecule has 0 amide bonds. The molecule has 2 atom stereocenters. The van der Waals surface area contributed by atoms with E-state index in [1.807, 2.05) is 18.2 Å². The van der Waals surface area contributed by atoms with Crippen molar-refractivity contribution in [2.24, 2.45) is 17.3 Å². The lowest BCUT2D eigenvalue weighted by atomic mass is 10.1. The molecule has 0 N–H and O–H groups in total. The second kappa shape index (κ2) is 8.05. The first-order chi connectivity index (χ1) is 12.8. The zero-order valence-electron chi connectivity index (χ0n) is 16.6. The molecule has 0 bridgehead atoms. The van der Waals surface area contributed by atoms with E-state index in [0.717, 1.165) is 29.7 Å². The molecule has 0 radical (unpaired) electrons. The highest BCUT2D eigenvalue weighted by Crippen LogP contribution is 2.60. The van der Waals surface area contributed by atoms with Crippen molar-refractivity contribution in [2.45, 2.75) is 47.1 Å². The fraction of sp³-hybridized carbons (Fsp3) is 0.478. The quantitative estimate of drug-likeness (QED) is 0.389. The van der Waals surface area contributed by atoms with Crippen LogP contribution < -0.4 is 0 Å². The van der Waals surface area contributed by atoms with E-state index < -0.39 is 0 Å². The van der Waals surface area contributed by atoms with Crippen LogP contribution in [0.25, 0.3) is 0 Å². The molecule has 3 rings (SSSR count). The molecule has 3 nitrogen and oxygen atoms in total. The zero-order chi connectivity index (χ0) is 19.6. The van der Waals surface area contributed by atoms with Crippen molar-refractivity contribution in [3.63, 3.8) is 0 Å². The normalized spacial score (nSPS) is 24.7. The first-order valence-electron chi connectivity index (χ1n) is 9.54. The van der Waals surface area contributed by atoms with E-state index in [0.29, 0.717) is 6.61 Å². The van der Waals surface area contributed by atoms with Gasteiger partial charge in [0.25, 0.3) is 0 Å². The SMILES string of the molecule is CC(C)=CCc1cccc(COC(=O)C2C(/C=C3\CCSC3=O)C2(C)C)c1. The summed E-state index contributed by atoms with van der Waals surface area (Å²) < 4.78 is 5.62. The monoisotopic (exact) mass is 384 g/mol. The Hall–Kier alpha value is -1.81. The lowest BCUT2D eigenvalue weighted by molar-refractivity contribution is -0.147. The summed E-state index contributed by atoms with van der Waals surface area (Å²) in [4.78, 5) is 24.4. The van der Waals surface area contributed by atoms with Gasteiger partial charge in [0, 0.05) is 11.3 Å². The molecule has 1 aliphatic carbocycles. The number of rotatable bonds is 6. The number of esters is 1. The van der Waals surface area contributed by atoms with Crippen LogP contribution in [0.4, 0.5) is 0 Å². The topological polar surface area (TPSA) is 43.4 Å². The van der Waals surface area contributed by atoms with Gasteiger partial charge in [-0.1, -0.05) is 67.6 Å². The van der Waals surface area contributed by atoms with Gasteiger partial charge in [-0.3, -0.25) is 9.59 Å². The van der Waals surface area contributed by atoms with E-state index >= 15 is 0 Å². The summed E-state index contributed by atoms with van der Waals surface area (Å²) in [6.07, 6.45) is 5.92. The van der Waals surface area contributed by atoms with Crippen molar-refractivity contribution in [2.75, 3.05) is 5.75 Å². The molecule has 1 aliphatic heterocycles. The highest BCUT2D eigenvalue weighted by Gasteiger charge is 2.61. The van der Waals surface area contributed by atoms with Crippen LogP contribution in [0, 0.1) is 17.3 Å². The molecule has 4 heteroatoms. The molecule has 144 valence electrons. The maximum Gasteiger partial charge on any atom is 0.310 e. The van der Waals surface area contributed by atoms with E-state index in [1.54, 1.807) is 0 Å². The lowest BCUT2D eigenvalue weighted by Gasteiger charge is -2.07. The summed E-state index contributed by atoms with van der Waals surface area (Å²) in [5.74, 6) is 0.647. The maximum absolute atomic E-state index is 12.6. The van der Waals surface area contributed by atoms with E-state index in [2.05, 4.69) is 45.9 Å². The molecule has 1 aromatic carbocycles. The number of carbonyl (C=O) groups excluding carboxylic acids is 2. The van der Waals surface area contributed by atoms with Crippen LogP contribution in [-0.2, 0) is 27.4 Å². The predicted octanol–water partition coefficient (Wildman–Crippen LogP) is 5.10. The molecular weight excluding hydrogens is 356 g/mol. The number of allylic oxidation sites excluding steroid dienone is 3. The molecule has 27 heavy (non-hydrogen) atoms. The maximum atomic E-state index is 12.6. The minimum absolute atomic E-state index is 0.103. The standard InChI is InChI=1S/C23H28O3S/c1-15(2)8-9-16-6-5-7-17(12-16)14-26-21(24)20-19(23(20,3)4)13-18-10-11-27-22(18)25/h5-8,12-13,19-20H,9-11,14H2,1-4H3/b18-13+. The van der Waals surface area contributed by atoms with E-state index in [9.17, 15) is 9.59 Å². The number of thioether (sulfide) groups is 1. The van der Waals surface area contributed by atoms with Crippen LogP contribution in [0.1, 0.15) is 45.2 Å². The van der Waals surface area contributed by atoms with Crippen LogP contribution in [0.2, 0.25) is 0 Å². The van der Waals surface area contributed by atoms with Crippen LogP contribution in [-0.4, -0.2) is 16.8 Å². The van der Waals surface area contributed by atoms with Gasteiger partial charge < -0.3 is 4.74 Å². The van der Waals surface area contributed by atoms with Crippen molar-refractivity contribution >= 4 is 22.8 Å². The Balaban J connectivity index is 1.59. The minimum Gasteiger partial charge on any atom is -0.461 e. The first kappa shape index (κ1) is 19.9. The highest BCUT2D eigenvalue weighted by atomic mass is 32.2. The summed E-state index contributed by atoms with van der Waals surface area (Å²) in [5.41, 5.74) is 4.26. The third-order valence-electron chi connectivity index (χ3n) is 5.53. The second-order valence-electron chi connectivity index (χ2n) is 8.32. The van der Waals surface area contributed by atoms with Gasteiger partial charge in [0.05, 0.1) is 5.92 Å². The van der Waals surface area contributed by atoms with Crippen LogP contribution in [0.3, 0.4) is 0 Å². The Morgan fingerprint density at radius 2 is 2.04 bits per heavy atom. The van der Waals surface area contributed by atoms with E-state index in [1.165, 1.54) is 22.9 Å². The fourth-order valence-corrected chi connectivity index (χ4v) is 4.53. The average Bonchev–Trinajstić information content (AvgIpc) is 2.93. The minimum atomic E-state index is -0.158. The van der Waals surface area contributed by atoms with E-state index in [4.69, 9.17) is 4.74 Å². The molecule has 2 aliphatic rings. The van der Waals surface area contributed by atoms with Crippen molar-refractivity contribution < 1.29 is 14.3 Å². The Morgan fingerprint density at radius 3 is 2.70 bits per heavy atom. The predicted molar refractivity (Wildman–Crippen MR) is 110 cm³/mol. The molecule has 2 unspecified atom stereocenters. The molecule has 1 heterocycles. The summed E-state index contributed by atoms with van der Waals surface area (Å²) in [7, 11) is 0. The summed E-state index contributed by atoms with van der Waals surface area (Å²) in [6, 6.07) is 8.19. The van der Waals surface area contributed by atoms with E-state index in [-0.39, 0.29) is 28.3 Å². The second-order valence-corrected chi connectivity index (χ2v) is 9.38. The van der Waals surface area contributed by atoms with Crippen LogP contribution in [0.5, 0.6) is 0 Å². The van der Waals surface area contributed by atoms with Crippen LogP contribution in [0.15, 0.2) is 47.6 Å². The van der Waals surface area contributed by atoms with Gasteiger partial charge in [-0.05, 0) is 49.1 Å². The third kappa shape index (κ3) is 4.73. The average molecular weight is 385 g/mol. The number of carbonyl (C=O) groups is 2. The van der Waals surface area contributed by atoms with Gasteiger partial charge in [-0.15, -0.1) is 0 Å². The number of hydrogen-bond donors (Lipinski definition) is 0. The Kier molecular flexibility index (Phi) is 5.95. The van der Waals surface area contributed by atoms with Crippen molar-refractivity contribution in [3.05, 3.63) is 58.7 Å².